The van der Waals surface area contributed by atoms with Crippen molar-refractivity contribution in [3.8, 4) is 0 Å². The molecule has 0 aliphatic carbocycles. The number of hydrogen-bond donors (Lipinski definition) is 1. The Kier molecular flexibility index (Phi) is 7.42. The molecule has 0 atom stereocenters. The molecule has 10 heteroatoms. The summed E-state index contributed by atoms with van der Waals surface area (Å²) in [6, 6.07) is 3.41. The second-order valence-electron chi connectivity index (χ2n) is 5.72. The number of hydrogen-bond acceptors (Lipinski definition) is 6. The lowest BCUT2D eigenvalue weighted by molar-refractivity contribution is 0.0657. The topological polar surface area (TPSA) is 100 Å². The van der Waals surface area contributed by atoms with Crippen molar-refractivity contribution in [1.29, 1.82) is 0 Å². The average molecular weight is 474 g/mol. The van der Waals surface area contributed by atoms with E-state index in [9.17, 15) is 4.79 Å². The lowest BCUT2D eigenvalue weighted by Crippen LogP contribution is -2.54. The summed E-state index contributed by atoms with van der Waals surface area (Å²) in [5.41, 5.74) is 0. The van der Waals surface area contributed by atoms with E-state index in [2.05, 4.69) is 25.3 Å². The van der Waals surface area contributed by atoms with Gasteiger partial charge in [-0.05, 0) is 19.1 Å². The molecule has 0 radical (unpaired) electrons. The van der Waals surface area contributed by atoms with Crippen LogP contribution in [0.1, 0.15) is 22.3 Å². The van der Waals surface area contributed by atoms with E-state index in [4.69, 9.17) is 8.94 Å². The van der Waals surface area contributed by atoms with Crippen LogP contribution >= 0.6 is 24.0 Å². The van der Waals surface area contributed by atoms with Gasteiger partial charge >= 0.3 is 0 Å². The molecule has 0 aromatic carbocycles. The van der Waals surface area contributed by atoms with Crippen LogP contribution in [0.25, 0.3) is 0 Å². The van der Waals surface area contributed by atoms with Gasteiger partial charge in [0.15, 0.2) is 17.5 Å². The third-order valence-corrected chi connectivity index (χ3v) is 4.00. The number of aliphatic imine (C=N–C) groups is 1. The van der Waals surface area contributed by atoms with Crippen molar-refractivity contribution in [3.05, 3.63) is 35.9 Å². The van der Waals surface area contributed by atoms with Crippen LogP contribution in [-0.2, 0) is 6.42 Å². The molecule has 2 aromatic heterocycles. The number of carbonyl (C=O) groups is 1. The quantitative estimate of drug-likeness (QED) is 0.404. The number of nitrogens with zero attached hydrogens (tertiary/aromatic N) is 5. The van der Waals surface area contributed by atoms with Gasteiger partial charge in [0, 0.05) is 46.2 Å². The molecule has 3 heterocycles. The summed E-state index contributed by atoms with van der Waals surface area (Å²) < 4.78 is 10.3. The summed E-state index contributed by atoms with van der Waals surface area (Å²) in [5.74, 6) is 2.36. The van der Waals surface area contributed by atoms with Gasteiger partial charge in [-0.1, -0.05) is 5.16 Å². The molecule has 0 unspecified atom stereocenters. The normalized spacial score (nSPS) is 14.9. The molecule has 142 valence electrons. The first-order chi connectivity index (χ1) is 12.2. The predicted octanol–water partition coefficient (Wildman–Crippen LogP) is 1.16. The van der Waals surface area contributed by atoms with Crippen LogP contribution in [0.4, 0.5) is 0 Å². The van der Waals surface area contributed by atoms with Gasteiger partial charge in [-0.3, -0.25) is 9.79 Å². The smallest absolute Gasteiger partial charge is 0.289 e. The molecule has 0 bridgehead atoms. The van der Waals surface area contributed by atoms with Gasteiger partial charge in [0.2, 0.25) is 5.89 Å². The number of guanidine groups is 1. The highest BCUT2D eigenvalue weighted by Gasteiger charge is 2.25. The fourth-order valence-electron chi connectivity index (χ4n) is 2.73. The molecule has 1 saturated heterocycles. The summed E-state index contributed by atoms with van der Waals surface area (Å²) in [4.78, 5) is 24.7. The summed E-state index contributed by atoms with van der Waals surface area (Å²) in [6.45, 7) is 5.13. The number of furan rings is 1. The van der Waals surface area contributed by atoms with Crippen LogP contribution in [0.2, 0.25) is 0 Å². The Morgan fingerprint density at radius 2 is 2.04 bits per heavy atom. The average Bonchev–Trinajstić information content (AvgIpc) is 3.30. The highest BCUT2D eigenvalue weighted by molar-refractivity contribution is 14.0. The first-order valence-electron chi connectivity index (χ1n) is 8.25. The van der Waals surface area contributed by atoms with Gasteiger partial charge in [-0.2, -0.15) is 4.98 Å². The molecule has 1 aliphatic rings. The van der Waals surface area contributed by atoms with Gasteiger partial charge in [0.25, 0.3) is 5.91 Å². The fourth-order valence-corrected chi connectivity index (χ4v) is 2.73. The second-order valence-corrected chi connectivity index (χ2v) is 5.72. The number of piperazine rings is 1. The van der Waals surface area contributed by atoms with Crippen molar-refractivity contribution in [1.82, 2.24) is 25.3 Å². The largest absolute Gasteiger partial charge is 0.459 e. The molecule has 0 spiro atoms. The van der Waals surface area contributed by atoms with Crippen LogP contribution in [0.5, 0.6) is 0 Å². The number of aryl methyl sites for hydroxylation is 1. The van der Waals surface area contributed by atoms with E-state index in [1.807, 2.05) is 0 Å². The van der Waals surface area contributed by atoms with E-state index in [0.29, 0.717) is 56.6 Å². The molecule has 1 N–H and O–H groups in total. The number of carbonyl (C=O) groups excluding carboxylic acids is 1. The van der Waals surface area contributed by atoms with Crippen molar-refractivity contribution in [3.63, 3.8) is 0 Å². The van der Waals surface area contributed by atoms with Gasteiger partial charge in [0.05, 0.1) is 6.26 Å². The van der Waals surface area contributed by atoms with Gasteiger partial charge in [-0.25, -0.2) is 0 Å². The minimum Gasteiger partial charge on any atom is -0.459 e. The first-order valence-corrected chi connectivity index (χ1v) is 8.25. The van der Waals surface area contributed by atoms with Crippen molar-refractivity contribution < 1.29 is 13.7 Å². The molecular weight excluding hydrogens is 451 g/mol. The predicted molar refractivity (Wildman–Crippen MR) is 106 cm³/mol. The summed E-state index contributed by atoms with van der Waals surface area (Å²) in [5, 5.41) is 7.07. The first kappa shape index (κ1) is 20.2. The fraction of sp³-hybridized carbons (Fsp3) is 0.500. The maximum Gasteiger partial charge on any atom is 0.289 e. The number of aromatic nitrogens is 2. The van der Waals surface area contributed by atoms with Crippen molar-refractivity contribution in [2.24, 2.45) is 4.99 Å². The van der Waals surface area contributed by atoms with E-state index in [0.717, 1.165) is 5.96 Å². The number of halogens is 1. The van der Waals surface area contributed by atoms with Crippen LogP contribution in [0, 0.1) is 6.92 Å². The van der Waals surface area contributed by atoms with E-state index in [1.54, 1.807) is 31.0 Å². The molecule has 26 heavy (non-hydrogen) atoms. The SMILES string of the molecule is CN=C(NCCc1nc(C)no1)N1CCN(C(=O)c2ccco2)CC1.I. The van der Waals surface area contributed by atoms with Crippen LogP contribution in [-0.4, -0.2) is 71.6 Å². The Labute approximate surface area is 168 Å². The zero-order chi connectivity index (χ0) is 17.6. The lowest BCUT2D eigenvalue weighted by atomic mass is 10.3. The second kappa shape index (κ2) is 9.55. The van der Waals surface area contributed by atoms with Gasteiger partial charge < -0.3 is 24.1 Å². The third kappa shape index (κ3) is 4.96. The molecular formula is C16H23IN6O3. The zero-order valence-corrected chi connectivity index (χ0v) is 17.2. The summed E-state index contributed by atoms with van der Waals surface area (Å²) in [7, 11) is 1.75. The number of nitrogens with one attached hydrogen (secondary N) is 1. The monoisotopic (exact) mass is 474 g/mol. The third-order valence-electron chi connectivity index (χ3n) is 4.00. The lowest BCUT2D eigenvalue weighted by Gasteiger charge is -2.36. The zero-order valence-electron chi connectivity index (χ0n) is 14.8. The minimum absolute atomic E-state index is 0. The Morgan fingerprint density at radius 1 is 1.31 bits per heavy atom. The molecule has 9 nitrogen and oxygen atoms in total. The van der Waals surface area contributed by atoms with E-state index in [-0.39, 0.29) is 29.9 Å². The standard InChI is InChI=1S/C16H22N6O3.HI/c1-12-19-14(25-20-12)5-6-18-16(17-2)22-9-7-21(8-10-22)15(23)13-4-3-11-24-13;/h3-4,11H,5-10H2,1-2H3,(H,17,18);1H. The minimum atomic E-state index is -0.0700. The van der Waals surface area contributed by atoms with Crippen LogP contribution < -0.4 is 5.32 Å². The van der Waals surface area contributed by atoms with Gasteiger partial charge in [0.1, 0.15) is 0 Å². The van der Waals surface area contributed by atoms with Gasteiger partial charge in [-0.15, -0.1) is 24.0 Å². The molecule has 1 fully saturated rings. The molecule has 1 aliphatic heterocycles. The Morgan fingerprint density at radius 3 is 2.62 bits per heavy atom. The van der Waals surface area contributed by atoms with E-state index < -0.39 is 0 Å². The summed E-state index contributed by atoms with van der Waals surface area (Å²) >= 11 is 0. The number of rotatable bonds is 4. The Balaban J connectivity index is 0.00000243. The molecule has 1 amide bonds. The number of amides is 1. The van der Waals surface area contributed by atoms with Crippen LogP contribution in [0.3, 0.4) is 0 Å². The maximum atomic E-state index is 12.3. The Hall–Kier alpha value is -2.11. The highest BCUT2D eigenvalue weighted by Crippen LogP contribution is 2.09. The van der Waals surface area contributed by atoms with Crippen molar-refractivity contribution in [2.75, 3.05) is 39.8 Å². The van der Waals surface area contributed by atoms with Crippen molar-refractivity contribution in [2.45, 2.75) is 13.3 Å². The van der Waals surface area contributed by atoms with Crippen molar-refractivity contribution >= 4 is 35.8 Å². The highest BCUT2D eigenvalue weighted by atomic mass is 127. The summed E-state index contributed by atoms with van der Waals surface area (Å²) in [6.07, 6.45) is 2.15. The van der Waals surface area contributed by atoms with E-state index in [1.165, 1.54) is 6.26 Å². The molecule has 0 saturated carbocycles. The Bertz CT molecular complexity index is 722. The molecule has 3 rings (SSSR count). The maximum absolute atomic E-state index is 12.3. The molecule has 2 aromatic rings. The van der Waals surface area contributed by atoms with E-state index >= 15 is 0 Å². The van der Waals surface area contributed by atoms with Crippen LogP contribution in [0.15, 0.2) is 32.3 Å².